The number of aryl methyl sites for hydroxylation is 1. The van der Waals surface area contributed by atoms with Crippen LogP contribution in [0.4, 0.5) is 11.4 Å². The van der Waals surface area contributed by atoms with Crippen LogP contribution < -0.4 is 11.5 Å². The highest BCUT2D eigenvalue weighted by atomic mass is 32.1. The van der Waals surface area contributed by atoms with E-state index in [4.69, 9.17) is 10.8 Å². The molecule has 2 heterocycles. The summed E-state index contributed by atoms with van der Waals surface area (Å²) in [6.45, 7) is 1.67. The van der Waals surface area contributed by atoms with Gasteiger partial charge in [0, 0.05) is 17.7 Å². The van der Waals surface area contributed by atoms with E-state index in [1.54, 1.807) is 6.92 Å². The van der Waals surface area contributed by atoms with E-state index in [0.717, 1.165) is 17.4 Å². The monoisotopic (exact) mass is 389 g/mol. The summed E-state index contributed by atoms with van der Waals surface area (Å²) in [7, 11) is 1.50. The van der Waals surface area contributed by atoms with Crippen molar-refractivity contribution in [3.05, 3.63) is 44.4 Å². The molecule has 27 heavy (non-hydrogen) atoms. The second kappa shape index (κ2) is 7.85. The molecule has 0 saturated heterocycles. The van der Waals surface area contributed by atoms with Gasteiger partial charge in [-0.25, -0.2) is 14.8 Å². The standard InChI is InChI=1S/C15H10N4O5S.CH5N/c1-6-11-12(16)10(5-20)25-14(11)18-13(17-6)7-2-8(15(21)22)4-9(3-7)19(23)24;1-2/h2-5H,16H2,1H3,(H,21,22);2H2,1H3. The molecule has 0 unspecified atom stereocenters. The number of aromatic nitrogens is 2. The van der Waals surface area contributed by atoms with E-state index in [-0.39, 0.29) is 28.3 Å². The number of hydrogen-bond acceptors (Lipinski definition) is 9. The predicted molar refractivity (Wildman–Crippen MR) is 101 cm³/mol. The lowest BCUT2D eigenvalue weighted by molar-refractivity contribution is -0.384. The number of non-ortho nitro benzene ring substituents is 1. The fourth-order valence-corrected chi connectivity index (χ4v) is 3.36. The normalized spacial score (nSPS) is 10.2. The van der Waals surface area contributed by atoms with Gasteiger partial charge in [0.05, 0.1) is 32.1 Å². The fraction of sp³-hybridized carbons (Fsp3) is 0.125. The summed E-state index contributed by atoms with van der Waals surface area (Å²) < 4.78 is 0. The van der Waals surface area contributed by atoms with Crippen LogP contribution in [0.25, 0.3) is 21.6 Å². The molecule has 0 saturated carbocycles. The molecule has 11 heteroatoms. The zero-order chi connectivity index (χ0) is 20.3. The molecule has 0 fully saturated rings. The van der Waals surface area contributed by atoms with E-state index < -0.39 is 10.9 Å². The van der Waals surface area contributed by atoms with E-state index in [1.165, 1.54) is 19.2 Å². The number of carboxylic acids is 1. The highest BCUT2D eigenvalue weighted by molar-refractivity contribution is 7.20. The number of carboxylic acid groups (broad SMARTS) is 1. The summed E-state index contributed by atoms with van der Waals surface area (Å²) in [5, 5.41) is 20.7. The van der Waals surface area contributed by atoms with Crippen LogP contribution in [0.2, 0.25) is 0 Å². The number of nitro benzene ring substituents is 1. The Labute approximate surface area is 156 Å². The van der Waals surface area contributed by atoms with Crippen LogP contribution in [0.3, 0.4) is 0 Å². The minimum absolute atomic E-state index is 0.120. The van der Waals surface area contributed by atoms with E-state index in [2.05, 4.69) is 15.7 Å². The fourth-order valence-electron chi connectivity index (χ4n) is 2.40. The minimum Gasteiger partial charge on any atom is -0.478 e. The average Bonchev–Trinajstić information content (AvgIpc) is 2.99. The van der Waals surface area contributed by atoms with Gasteiger partial charge < -0.3 is 16.6 Å². The molecule has 3 rings (SSSR count). The zero-order valence-corrected chi connectivity index (χ0v) is 15.1. The molecule has 0 aliphatic carbocycles. The first-order valence-corrected chi connectivity index (χ1v) is 8.26. The number of rotatable bonds is 4. The van der Waals surface area contributed by atoms with Gasteiger partial charge in [-0.3, -0.25) is 14.9 Å². The molecular formula is C16H15N5O5S. The van der Waals surface area contributed by atoms with Crippen molar-refractivity contribution < 1.29 is 19.6 Å². The summed E-state index contributed by atoms with van der Waals surface area (Å²) in [6.07, 6.45) is 0.622. The second-order valence-electron chi connectivity index (χ2n) is 5.14. The number of nitrogens with two attached hydrogens (primary N) is 2. The summed E-state index contributed by atoms with van der Waals surface area (Å²) in [6, 6.07) is 3.42. The Morgan fingerprint density at radius 3 is 2.52 bits per heavy atom. The first-order valence-electron chi connectivity index (χ1n) is 7.44. The number of carbonyl (C=O) groups excluding carboxylic acids is 1. The first kappa shape index (κ1) is 19.9. The molecule has 0 spiro atoms. The van der Waals surface area contributed by atoms with Gasteiger partial charge in [-0.1, -0.05) is 0 Å². The highest BCUT2D eigenvalue weighted by Crippen LogP contribution is 2.35. The number of thiophene rings is 1. The van der Waals surface area contributed by atoms with Crippen molar-refractivity contribution >= 4 is 45.2 Å². The number of nitro groups is 1. The molecule has 10 nitrogen and oxygen atoms in total. The van der Waals surface area contributed by atoms with E-state index in [1.807, 2.05) is 0 Å². The van der Waals surface area contributed by atoms with Gasteiger partial charge in [-0.2, -0.15) is 0 Å². The van der Waals surface area contributed by atoms with Gasteiger partial charge in [0.15, 0.2) is 12.1 Å². The van der Waals surface area contributed by atoms with Crippen molar-refractivity contribution in [1.29, 1.82) is 0 Å². The summed E-state index contributed by atoms with van der Waals surface area (Å²) in [5.74, 6) is -1.18. The van der Waals surface area contributed by atoms with Gasteiger partial charge in [-0.15, -0.1) is 11.3 Å². The quantitative estimate of drug-likeness (QED) is 0.343. The first-order chi connectivity index (χ1) is 12.8. The average molecular weight is 389 g/mol. The van der Waals surface area contributed by atoms with Gasteiger partial charge in [0.25, 0.3) is 5.69 Å². The maximum Gasteiger partial charge on any atom is 0.335 e. The Hall–Kier alpha value is -3.44. The number of fused-ring (bicyclic) bond motifs is 1. The molecule has 140 valence electrons. The molecule has 0 amide bonds. The number of aldehydes is 1. The molecule has 0 atom stereocenters. The number of nitrogens with zero attached hydrogens (tertiary/aromatic N) is 3. The summed E-state index contributed by atoms with van der Waals surface area (Å²) in [4.78, 5) is 41.9. The Morgan fingerprint density at radius 2 is 1.96 bits per heavy atom. The lowest BCUT2D eigenvalue weighted by Gasteiger charge is -2.05. The summed E-state index contributed by atoms with van der Waals surface area (Å²) >= 11 is 1.07. The molecule has 3 aromatic rings. The van der Waals surface area contributed by atoms with Crippen LogP contribution in [0.15, 0.2) is 18.2 Å². The molecule has 0 bridgehead atoms. The van der Waals surface area contributed by atoms with Crippen molar-refractivity contribution in [3.63, 3.8) is 0 Å². The van der Waals surface area contributed by atoms with Crippen LogP contribution in [0, 0.1) is 17.0 Å². The van der Waals surface area contributed by atoms with Crippen molar-refractivity contribution in [2.45, 2.75) is 6.92 Å². The Balaban J connectivity index is 0.00000126. The molecular weight excluding hydrogens is 374 g/mol. The number of benzene rings is 1. The summed E-state index contributed by atoms with van der Waals surface area (Å²) in [5.41, 5.74) is 10.7. The molecule has 0 aliphatic heterocycles. The predicted octanol–water partition coefficient (Wildman–Crippen LogP) is 2.24. The molecule has 0 radical (unpaired) electrons. The largest absolute Gasteiger partial charge is 0.478 e. The maximum absolute atomic E-state index is 11.2. The SMILES string of the molecule is CN.Cc1nc(-c2cc(C(=O)O)cc([N+](=O)[O-])c2)nc2sc(C=O)c(N)c12. The molecule has 0 aliphatic rings. The minimum atomic E-state index is -1.30. The number of anilines is 1. The van der Waals surface area contributed by atoms with E-state index in [0.29, 0.717) is 27.1 Å². The van der Waals surface area contributed by atoms with Gasteiger partial charge in [0.1, 0.15) is 4.83 Å². The third-order valence-corrected chi connectivity index (χ3v) is 4.56. The number of hydrogen-bond donors (Lipinski definition) is 3. The molecule has 2 aromatic heterocycles. The number of nitrogen functional groups attached to an aromatic ring is 1. The topological polar surface area (TPSA) is 175 Å². The Kier molecular flexibility index (Phi) is 5.78. The lowest BCUT2D eigenvalue weighted by Crippen LogP contribution is -2.01. The van der Waals surface area contributed by atoms with Crippen LogP contribution in [-0.2, 0) is 0 Å². The van der Waals surface area contributed by atoms with Crippen LogP contribution in [0.1, 0.15) is 25.7 Å². The van der Waals surface area contributed by atoms with Crippen molar-refractivity contribution in [3.8, 4) is 11.4 Å². The second-order valence-corrected chi connectivity index (χ2v) is 6.17. The van der Waals surface area contributed by atoms with Gasteiger partial charge >= 0.3 is 5.97 Å². The molecule has 5 N–H and O–H groups in total. The Bertz CT molecular complexity index is 1030. The van der Waals surface area contributed by atoms with Gasteiger partial charge in [0.2, 0.25) is 0 Å². The highest BCUT2D eigenvalue weighted by Gasteiger charge is 2.19. The van der Waals surface area contributed by atoms with Crippen molar-refractivity contribution in [2.75, 3.05) is 12.8 Å². The molecule has 1 aromatic carbocycles. The van der Waals surface area contributed by atoms with Crippen molar-refractivity contribution in [2.24, 2.45) is 5.73 Å². The van der Waals surface area contributed by atoms with Crippen LogP contribution in [-0.4, -0.2) is 39.3 Å². The lowest BCUT2D eigenvalue weighted by atomic mass is 10.1. The third kappa shape index (κ3) is 3.73. The van der Waals surface area contributed by atoms with Crippen LogP contribution in [0.5, 0.6) is 0 Å². The number of aromatic carboxylic acids is 1. The Morgan fingerprint density at radius 1 is 1.30 bits per heavy atom. The third-order valence-electron chi connectivity index (χ3n) is 3.54. The number of carbonyl (C=O) groups is 2. The van der Waals surface area contributed by atoms with Crippen LogP contribution >= 0.6 is 11.3 Å². The maximum atomic E-state index is 11.2. The van der Waals surface area contributed by atoms with E-state index >= 15 is 0 Å². The van der Waals surface area contributed by atoms with Crippen molar-refractivity contribution in [1.82, 2.24) is 9.97 Å². The van der Waals surface area contributed by atoms with Gasteiger partial charge in [-0.05, 0) is 20.0 Å². The van der Waals surface area contributed by atoms with E-state index in [9.17, 15) is 19.7 Å². The zero-order valence-electron chi connectivity index (χ0n) is 14.3. The smallest absolute Gasteiger partial charge is 0.335 e.